The van der Waals surface area contributed by atoms with Gasteiger partial charge in [-0.05, 0) is 31.1 Å². The van der Waals surface area contributed by atoms with Crippen molar-refractivity contribution >= 4 is 0 Å². The van der Waals surface area contributed by atoms with Crippen molar-refractivity contribution in [3.8, 4) is 0 Å². The van der Waals surface area contributed by atoms with E-state index in [1.807, 2.05) is 0 Å². The van der Waals surface area contributed by atoms with Crippen LogP contribution in [0, 0.1) is 11.8 Å². The monoisotopic (exact) mass is 199 g/mol. The standard InChI is InChI=1S/C12H25NO/c1-4-11(8-14)13-12-9(2)6-5-7-10(12)3/h9-14H,4-8H2,1-3H3. The average molecular weight is 199 g/mol. The summed E-state index contributed by atoms with van der Waals surface area (Å²) in [5, 5.41) is 12.8. The number of rotatable bonds is 4. The fourth-order valence-electron chi connectivity index (χ4n) is 2.58. The topological polar surface area (TPSA) is 32.3 Å². The first-order valence-electron chi connectivity index (χ1n) is 6.06. The van der Waals surface area contributed by atoms with E-state index >= 15 is 0 Å². The summed E-state index contributed by atoms with van der Waals surface area (Å²) in [6.07, 6.45) is 5.07. The number of hydrogen-bond donors (Lipinski definition) is 2. The fourth-order valence-corrected chi connectivity index (χ4v) is 2.58. The van der Waals surface area contributed by atoms with E-state index in [1.54, 1.807) is 0 Å². The van der Waals surface area contributed by atoms with E-state index in [1.165, 1.54) is 19.3 Å². The van der Waals surface area contributed by atoms with Gasteiger partial charge in [0.15, 0.2) is 0 Å². The quantitative estimate of drug-likeness (QED) is 0.727. The molecule has 0 aliphatic heterocycles. The van der Waals surface area contributed by atoms with Crippen LogP contribution in [0.4, 0.5) is 0 Å². The van der Waals surface area contributed by atoms with Gasteiger partial charge in [0, 0.05) is 12.1 Å². The van der Waals surface area contributed by atoms with Gasteiger partial charge >= 0.3 is 0 Å². The van der Waals surface area contributed by atoms with Gasteiger partial charge in [-0.25, -0.2) is 0 Å². The highest BCUT2D eigenvalue weighted by Gasteiger charge is 2.28. The SMILES string of the molecule is CCC(CO)NC1C(C)CCCC1C. The molecule has 1 aliphatic carbocycles. The first kappa shape index (κ1) is 12.0. The Labute approximate surface area is 88.1 Å². The summed E-state index contributed by atoms with van der Waals surface area (Å²) in [5.41, 5.74) is 0. The molecule has 0 aromatic rings. The van der Waals surface area contributed by atoms with Crippen molar-refractivity contribution in [3.63, 3.8) is 0 Å². The van der Waals surface area contributed by atoms with E-state index in [2.05, 4.69) is 26.1 Å². The van der Waals surface area contributed by atoms with Crippen LogP contribution in [0.3, 0.4) is 0 Å². The third kappa shape index (κ3) is 2.96. The molecule has 84 valence electrons. The van der Waals surface area contributed by atoms with Gasteiger partial charge in [0.2, 0.25) is 0 Å². The Morgan fingerprint density at radius 2 is 1.86 bits per heavy atom. The highest BCUT2D eigenvalue weighted by Crippen LogP contribution is 2.29. The molecule has 0 aromatic carbocycles. The van der Waals surface area contributed by atoms with Crippen LogP contribution in [0.2, 0.25) is 0 Å². The Bertz CT molecular complexity index is 146. The molecular formula is C12H25NO. The predicted octanol–water partition coefficient (Wildman–Crippen LogP) is 2.17. The summed E-state index contributed by atoms with van der Waals surface area (Å²) >= 11 is 0. The lowest BCUT2D eigenvalue weighted by Gasteiger charge is -2.37. The molecule has 2 N–H and O–H groups in total. The molecule has 0 heterocycles. The van der Waals surface area contributed by atoms with E-state index < -0.39 is 0 Å². The van der Waals surface area contributed by atoms with Crippen molar-refractivity contribution in [1.29, 1.82) is 0 Å². The Balaban J connectivity index is 2.46. The van der Waals surface area contributed by atoms with Crippen molar-refractivity contribution in [1.82, 2.24) is 5.32 Å². The van der Waals surface area contributed by atoms with Crippen LogP contribution >= 0.6 is 0 Å². The second-order valence-electron chi connectivity index (χ2n) is 4.87. The smallest absolute Gasteiger partial charge is 0.0584 e. The molecule has 1 rings (SSSR count). The molecule has 3 atom stereocenters. The fraction of sp³-hybridized carbons (Fsp3) is 1.00. The van der Waals surface area contributed by atoms with Gasteiger partial charge in [-0.15, -0.1) is 0 Å². The molecule has 14 heavy (non-hydrogen) atoms. The molecular weight excluding hydrogens is 174 g/mol. The minimum atomic E-state index is 0.270. The second-order valence-corrected chi connectivity index (χ2v) is 4.87. The van der Waals surface area contributed by atoms with Gasteiger partial charge in [-0.1, -0.05) is 27.2 Å². The third-order valence-electron chi connectivity index (χ3n) is 3.69. The summed E-state index contributed by atoms with van der Waals surface area (Å²) in [7, 11) is 0. The van der Waals surface area contributed by atoms with Crippen molar-refractivity contribution in [3.05, 3.63) is 0 Å². The minimum absolute atomic E-state index is 0.270. The van der Waals surface area contributed by atoms with E-state index in [9.17, 15) is 0 Å². The number of nitrogens with one attached hydrogen (secondary N) is 1. The molecule has 0 saturated heterocycles. The third-order valence-corrected chi connectivity index (χ3v) is 3.69. The molecule has 1 fully saturated rings. The Kier molecular flexibility index (Phi) is 4.90. The first-order chi connectivity index (χ1) is 6.69. The van der Waals surface area contributed by atoms with E-state index in [0.717, 1.165) is 18.3 Å². The molecule has 2 heteroatoms. The highest BCUT2D eigenvalue weighted by molar-refractivity contribution is 4.85. The molecule has 0 spiro atoms. The second kappa shape index (κ2) is 5.72. The Hall–Kier alpha value is -0.0800. The summed E-state index contributed by atoms with van der Waals surface area (Å²) in [4.78, 5) is 0. The van der Waals surface area contributed by atoms with Crippen molar-refractivity contribution in [2.75, 3.05) is 6.61 Å². The number of aliphatic hydroxyl groups is 1. The van der Waals surface area contributed by atoms with Gasteiger partial charge < -0.3 is 10.4 Å². The van der Waals surface area contributed by atoms with Crippen LogP contribution in [0.15, 0.2) is 0 Å². The van der Waals surface area contributed by atoms with E-state index in [0.29, 0.717) is 12.1 Å². The predicted molar refractivity (Wildman–Crippen MR) is 60.3 cm³/mol. The molecule has 2 nitrogen and oxygen atoms in total. The number of aliphatic hydroxyl groups excluding tert-OH is 1. The lowest BCUT2D eigenvalue weighted by molar-refractivity contribution is 0.158. The largest absolute Gasteiger partial charge is 0.395 e. The van der Waals surface area contributed by atoms with E-state index in [4.69, 9.17) is 5.11 Å². The van der Waals surface area contributed by atoms with Crippen LogP contribution in [-0.2, 0) is 0 Å². The first-order valence-corrected chi connectivity index (χ1v) is 6.06. The molecule has 3 unspecified atom stereocenters. The van der Waals surface area contributed by atoms with Crippen LogP contribution in [-0.4, -0.2) is 23.8 Å². The van der Waals surface area contributed by atoms with Crippen molar-refractivity contribution in [2.45, 2.75) is 58.5 Å². The average Bonchev–Trinajstić information content (AvgIpc) is 2.18. The maximum atomic E-state index is 9.17. The Morgan fingerprint density at radius 3 is 2.29 bits per heavy atom. The zero-order valence-corrected chi connectivity index (χ0v) is 9.79. The molecule has 0 bridgehead atoms. The molecule has 1 saturated carbocycles. The zero-order valence-electron chi connectivity index (χ0n) is 9.79. The van der Waals surface area contributed by atoms with E-state index in [-0.39, 0.29) is 6.61 Å². The summed E-state index contributed by atoms with van der Waals surface area (Å²) in [6.45, 7) is 7.06. The van der Waals surface area contributed by atoms with Crippen molar-refractivity contribution in [2.24, 2.45) is 11.8 Å². The van der Waals surface area contributed by atoms with Crippen LogP contribution < -0.4 is 5.32 Å². The zero-order chi connectivity index (χ0) is 10.6. The van der Waals surface area contributed by atoms with Crippen LogP contribution in [0.25, 0.3) is 0 Å². The normalized spacial score (nSPS) is 35.6. The minimum Gasteiger partial charge on any atom is -0.395 e. The Morgan fingerprint density at radius 1 is 1.29 bits per heavy atom. The van der Waals surface area contributed by atoms with Gasteiger partial charge in [-0.2, -0.15) is 0 Å². The molecule has 0 amide bonds. The van der Waals surface area contributed by atoms with Gasteiger partial charge in [0.1, 0.15) is 0 Å². The van der Waals surface area contributed by atoms with Crippen molar-refractivity contribution < 1.29 is 5.11 Å². The van der Waals surface area contributed by atoms with Crippen LogP contribution in [0.1, 0.15) is 46.5 Å². The summed E-state index contributed by atoms with van der Waals surface area (Å²) in [6, 6.07) is 0.906. The van der Waals surface area contributed by atoms with Gasteiger partial charge in [0.25, 0.3) is 0 Å². The number of hydrogen-bond acceptors (Lipinski definition) is 2. The maximum Gasteiger partial charge on any atom is 0.0584 e. The molecule has 0 aromatic heterocycles. The van der Waals surface area contributed by atoms with Gasteiger partial charge in [-0.3, -0.25) is 0 Å². The summed E-state index contributed by atoms with van der Waals surface area (Å²) in [5.74, 6) is 1.53. The summed E-state index contributed by atoms with van der Waals surface area (Å²) < 4.78 is 0. The molecule has 0 radical (unpaired) electrons. The maximum absolute atomic E-state index is 9.17. The van der Waals surface area contributed by atoms with Gasteiger partial charge in [0.05, 0.1) is 6.61 Å². The highest BCUT2D eigenvalue weighted by atomic mass is 16.3. The van der Waals surface area contributed by atoms with Crippen LogP contribution in [0.5, 0.6) is 0 Å². The molecule has 1 aliphatic rings. The lowest BCUT2D eigenvalue weighted by Crippen LogP contribution is -2.48. The lowest BCUT2D eigenvalue weighted by atomic mass is 9.78.